The van der Waals surface area contributed by atoms with Crippen LogP contribution >= 0.6 is 0 Å². The Morgan fingerprint density at radius 2 is 2.00 bits per heavy atom. The molecule has 5 heteroatoms. The van der Waals surface area contributed by atoms with E-state index in [-0.39, 0.29) is 31.5 Å². The molecule has 0 saturated carbocycles. The van der Waals surface area contributed by atoms with E-state index in [0.717, 1.165) is 26.0 Å². The number of carbonyl (C=O) groups excluding carboxylic acids is 1. The molecule has 0 aliphatic carbocycles. The van der Waals surface area contributed by atoms with Gasteiger partial charge in [0, 0.05) is 45.2 Å². The van der Waals surface area contributed by atoms with Gasteiger partial charge in [0.2, 0.25) is 0 Å². The molecule has 4 nitrogen and oxygen atoms in total. The van der Waals surface area contributed by atoms with E-state index in [1.54, 1.807) is 0 Å². The molecule has 0 aromatic rings. The number of carbonyl (C=O) groups is 1. The average molecular weight is 332 g/mol. The zero-order valence-electron chi connectivity index (χ0n) is 11.4. The van der Waals surface area contributed by atoms with Crippen LogP contribution < -0.4 is 0 Å². The van der Waals surface area contributed by atoms with Crippen LogP contribution in [-0.2, 0) is 29.0 Å². The summed E-state index contributed by atoms with van der Waals surface area (Å²) in [4.78, 5) is 13.4. The molecular weight excluding hydrogens is 307 g/mol. The first kappa shape index (κ1) is 19.4. The molecule has 0 aliphatic heterocycles. The normalized spacial score (nSPS) is 12.1. The van der Waals surface area contributed by atoms with Crippen LogP contribution in [0.25, 0.3) is 5.32 Å². The van der Waals surface area contributed by atoms with Crippen molar-refractivity contribution in [3.8, 4) is 0 Å². The molecule has 1 radical (unpaired) electrons. The van der Waals surface area contributed by atoms with Crippen LogP contribution in [0.1, 0.15) is 33.1 Å². The fourth-order valence-electron chi connectivity index (χ4n) is 1.19. The van der Waals surface area contributed by atoms with Gasteiger partial charge in [0.1, 0.15) is 0 Å². The maximum atomic E-state index is 11.4. The Morgan fingerprint density at radius 3 is 2.47 bits per heavy atom. The first-order valence-corrected chi connectivity index (χ1v) is 6.06. The quantitative estimate of drug-likeness (QED) is 0.607. The summed E-state index contributed by atoms with van der Waals surface area (Å²) in [5, 5.41) is 4.03. The molecule has 0 rings (SSSR count). The molecule has 0 aromatic carbocycles. The van der Waals surface area contributed by atoms with Gasteiger partial charge in [-0.25, -0.2) is 0 Å². The van der Waals surface area contributed by atoms with Crippen LogP contribution in [0.5, 0.6) is 0 Å². The van der Waals surface area contributed by atoms with Crippen molar-refractivity contribution in [2.75, 3.05) is 33.8 Å². The van der Waals surface area contributed by atoms with Crippen molar-refractivity contribution in [2.45, 2.75) is 39.2 Å². The van der Waals surface area contributed by atoms with Gasteiger partial charge in [0.15, 0.2) is 0 Å². The summed E-state index contributed by atoms with van der Waals surface area (Å²) in [6.45, 7) is 6.14. The first-order chi connectivity index (χ1) is 7.60. The number of rotatable bonds is 9. The van der Waals surface area contributed by atoms with Crippen molar-refractivity contribution in [1.29, 1.82) is 0 Å². The molecule has 0 saturated heterocycles. The zero-order valence-corrected chi connectivity index (χ0v) is 13.0. The molecule has 1 atom stereocenters. The molecule has 105 valence electrons. The molecule has 0 aromatic heterocycles. The summed E-state index contributed by atoms with van der Waals surface area (Å²) in [5.74, 6) is -0.0211. The van der Waals surface area contributed by atoms with E-state index in [0.29, 0.717) is 13.0 Å². The number of hydrogen-bond acceptors (Lipinski definition) is 3. The van der Waals surface area contributed by atoms with Gasteiger partial charge < -0.3 is 19.7 Å². The average Bonchev–Trinajstić information content (AvgIpc) is 2.26. The molecule has 0 aliphatic rings. The second-order valence-corrected chi connectivity index (χ2v) is 4.19. The molecule has 0 spiro atoms. The minimum absolute atomic E-state index is 0. The third-order valence-corrected chi connectivity index (χ3v) is 2.26. The van der Waals surface area contributed by atoms with Crippen LogP contribution in [0, 0.1) is 0 Å². The van der Waals surface area contributed by atoms with Gasteiger partial charge in [0.25, 0.3) is 0 Å². The van der Waals surface area contributed by atoms with E-state index in [4.69, 9.17) is 4.74 Å². The van der Waals surface area contributed by atoms with E-state index >= 15 is 0 Å². The summed E-state index contributed by atoms with van der Waals surface area (Å²) in [6.07, 6.45) is 2.51. The second kappa shape index (κ2) is 12.5. The summed E-state index contributed by atoms with van der Waals surface area (Å²) in [5.41, 5.74) is 0. The van der Waals surface area contributed by atoms with E-state index in [9.17, 15) is 4.79 Å². The molecule has 0 N–H and O–H groups in total. The topological polar surface area (TPSA) is 43.6 Å². The fraction of sp³-hybridized carbons (Fsp3) is 0.917. The maximum Gasteiger partial charge on any atom is 0.0525 e. The summed E-state index contributed by atoms with van der Waals surface area (Å²) >= 11 is 0. The van der Waals surface area contributed by atoms with E-state index in [1.165, 1.54) is 0 Å². The third-order valence-electron chi connectivity index (χ3n) is 2.26. The summed E-state index contributed by atoms with van der Waals surface area (Å²) in [6, 6.07) is 0. The number of amides is 1. The number of ether oxygens (including phenoxy) is 1. The first-order valence-electron chi connectivity index (χ1n) is 6.06. The fourth-order valence-corrected chi connectivity index (χ4v) is 1.19. The zero-order chi connectivity index (χ0) is 12.4. The van der Waals surface area contributed by atoms with Gasteiger partial charge >= 0.3 is 0 Å². The van der Waals surface area contributed by atoms with Gasteiger partial charge in [0.05, 0.1) is 5.91 Å². The predicted octanol–water partition coefficient (Wildman–Crippen LogP) is 2.04. The molecular formula is C12H25N2O2Rh-. The van der Waals surface area contributed by atoms with Crippen molar-refractivity contribution in [3.05, 3.63) is 5.32 Å². The van der Waals surface area contributed by atoms with Gasteiger partial charge in [-0.3, -0.25) is 0 Å². The maximum absolute atomic E-state index is 11.4. The standard InChI is InChI=1S/C12H26N2O2.Rh/c1-5-9-16-11(6-2)10-13-12(15)7-8-14(3)4;/h11H,5-10H2,1-4H3,(H,13,15);/p-1. The van der Waals surface area contributed by atoms with Gasteiger partial charge in [-0.2, -0.15) is 0 Å². The van der Waals surface area contributed by atoms with E-state index < -0.39 is 0 Å². The number of nitrogens with zero attached hydrogens (tertiary/aromatic N) is 2. The SMILES string of the molecule is CCCOC(CC)C[N-]C(=O)CCN(C)C.[Rh]. The van der Waals surface area contributed by atoms with Crippen molar-refractivity contribution in [1.82, 2.24) is 4.90 Å². The second-order valence-electron chi connectivity index (χ2n) is 4.19. The molecule has 0 heterocycles. The monoisotopic (exact) mass is 332 g/mol. The third kappa shape index (κ3) is 12.3. The minimum atomic E-state index is -0.0211. The van der Waals surface area contributed by atoms with Crippen molar-refractivity contribution >= 4 is 5.91 Å². The summed E-state index contributed by atoms with van der Waals surface area (Å²) in [7, 11) is 3.90. The number of hydrogen-bond donors (Lipinski definition) is 0. The largest absolute Gasteiger partial charge is 0.651 e. The molecule has 1 unspecified atom stereocenters. The van der Waals surface area contributed by atoms with Crippen molar-refractivity contribution < 1.29 is 29.0 Å². The van der Waals surface area contributed by atoms with Gasteiger partial charge in [-0.1, -0.05) is 13.8 Å². The Kier molecular flexibility index (Phi) is 14.2. The minimum Gasteiger partial charge on any atom is -0.651 e. The molecule has 0 bridgehead atoms. The van der Waals surface area contributed by atoms with Crippen LogP contribution in [0.4, 0.5) is 0 Å². The van der Waals surface area contributed by atoms with Crippen molar-refractivity contribution in [3.63, 3.8) is 0 Å². The van der Waals surface area contributed by atoms with Gasteiger partial charge in [-0.05, 0) is 26.9 Å². The molecule has 17 heavy (non-hydrogen) atoms. The Labute approximate surface area is 118 Å². The van der Waals surface area contributed by atoms with Gasteiger partial charge in [-0.15, -0.1) is 6.54 Å². The van der Waals surface area contributed by atoms with Crippen LogP contribution in [0.15, 0.2) is 0 Å². The van der Waals surface area contributed by atoms with Crippen molar-refractivity contribution in [2.24, 2.45) is 0 Å². The predicted molar refractivity (Wildman–Crippen MR) is 66.7 cm³/mol. The Balaban J connectivity index is 0. The Bertz CT molecular complexity index is 189. The van der Waals surface area contributed by atoms with Crippen LogP contribution in [0.2, 0.25) is 0 Å². The Morgan fingerprint density at radius 1 is 1.35 bits per heavy atom. The van der Waals surface area contributed by atoms with E-state index in [2.05, 4.69) is 19.2 Å². The molecule has 1 amide bonds. The van der Waals surface area contributed by atoms with Crippen LogP contribution in [-0.4, -0.2) is 50.7 Å². The Hall–Kier alpha value is 0.0134. The summed E-state index contributed by atoms with van der Waals surface area (Å²) < 4.78 is 5.56. The van der Waals surface area contributed by atoms with E-state index in [1.807, 2.05) is 19.0 Å². The van der Waals surface area contributed by atoms with Crippen LogP contribution in [0.3, 0.4) is 0 Å². The smallest absolute Gasteiger partial charge is 0.0525 e. The molecule has 0 fully saturated rings.